The zero-order chi connectivity index (χ0) is 12.3. The van der Waals surface area contributed by atoms with Crippen molar-refractivity contribution < 1.29 is 19.8 Å². The molecule has 0 bridgehead atoms. The minimum absolute atomic E-state index is 0. The molecule has 5 nitrogen and oxygen atoms in total. The molecular formula is C11H14ClNO4. The molecule has 0 amide bonds. The quantitative estimate of drug-likeness (QED) is 0.700. The van der Waals surface area contributed by atoms with E-state index in [1.165, 1.54) is 19.1 Å². The number of phenolic OH excluding ortho intramolecular Hbond substituents is 1. The lowest BCUT2D eigenvalue weighted by molar-refractivity contribution is -0.138. The van der Waals surface area contributed by atoms with Gasteiger partial charge < -0.3 is 15.9 Å². The molecule has 6 heteroatoms. The summed E-state index contributed by atoms with van der Waals surface area (Å²) < 4.78 is 0. The van der Waals surface area contributed by atoms with Crippen molar-refractivity contribution in [3.8, 4) is 5.75 Å². The average molecular weight is 260 g/mol. The number of carbonyl (C=O) groups is 2. The number of Topliss-reactive ketones (excluding diaryl/α,β-unsaturated/α-hetero) is 1. The monoisotopic (exact) mass is 259 g/mol. The maximum atomic E-state index is 11.1. The molecule has 0 radical (unpaired) electrons. The van der Waals surface area contributed by atoms with E-state index in [-0.39, 0.29) is 35.9 Å². The zero-order valence-electron chi connectivity index (χ0n) is 9.21. The van der Waals surface area contributed by atoms with E-state index in [9.17, 15) is 14.7 Å². The highest BCUT2D eigenvalue weighted by Crippen LogP contribution is 2.19. The number of hydrogen-bond donors (Lipinski definition) is 3. The maximum Gasteiger partial charge on any atom is 0.320 e. The van der Waals surface area contributed by atoms with Gasteiger partial charge in [0.25, 0.3) is 0 Å². The Morgan fingerprint density at radius 1 is 1.41 bits per heavy atom. The third-order valence-electron chi connectivity index (χ3n) is 2.21. The first-order valence-electron chi connectivity index (χ1n) is 4.73. The summed E-state index contributed by atoms with van der Waals surface area (Å²) in [6.07, 6.45) is 0.121. The van der Waals surface area contributed by atoms with E-state index in [4.69, 9.17) is 10.8 Å². The Morgan fingerprint density at radius 3 is 2.47 bits per heavy atom. The molecule has 17 heavy (non-hydrogen) atoms. The number of halogens is 1. The van der Waals surface area contributed by atoms with Crippen LogP contribution in [0.15, 0.2) is 18.2 Å². The number of hydrogen-bond acceptors (Lipinski definition) is 4. The van der Waals surface area contributed by atoms with Crippen LogP contribution in [0, 0.1) is 0 Å². The van der Waals surface area contributed by atoms with E-state index in [1.807, 2.05) is 0 Å². The molecule has 94 valence electrons. The van der Waals surface area contributed by atoms with Crippen molar-refractivity contribution in [3.05, 3.63) is 29.3 Å². The lowest BCUT2D eigenvalue weighted by Crippen LogP contribution is -2.32. The van der Waals surface area contributed by atoms with Crippen LogP contribution in [0.2, 0.25) is 0 Å². The van der Waals surface area contributed by atoms with E-state index in [0.717, 1.165) is 0 Å². The second-order valence-corrected chi connectivity index (χ2v) is 3.56. The Labute approximate surface area is 105 Å². The minimum Gasteiger partial charge on any atom is -0.507 e. The lowest BCUT2D eigenvalue weighted by Gasteiger charge is -2.08. The topological polar surface area (TPSA) is 101 Å². The van der Waals surface area contributed by atoms with Gasteiger partial charge >= 0.3 is 5.97 Å². The van der Waals surface area contributed by atoms with E-state index in [1.54, 1.807) is 6.07 Å². The number of aromatic hydroxyl groups is 1. The van der Waals surface area contributed by atoms with Crippen molar-refractivity contribution in [1.29, 1.82) is 0 Å². The van der Waals surface area contributed by atoms with Crippen molar-refractivity contribution in [2.45, 2.75) is 19.4 Å². The molecule has 0 saturated carbocycles. The smallest absolute Gasteiger partial charge is 0.320 e. The Hall–Kier alpha value is -1.59. The standard InChI is InChI=1S/C11H13NO4.ClH/c1-6(13)8-4-7(2-3-10(8)14)5-9(12)11(15)16;/h2-4,9,14H,5,12H2,1H3,(H,15,16);1H. The van der Waals surface area contributed by atoms with Gasteiger partial charge in [-0.05, 0) is 31.0 Å². The van der Waals surface area contributed by atoms with Crippen LogP contribution in [-0.4, -0.2) is 28.0 Å². The van der Waals surface area contributed by atoms with Crippen LogP contribution in [-0.2, 0) is 11.2 Å². The van der Waals surface area contributed by atoms with Crippen LogP contribution in [0.3, 0.4) is 0 Å². The van der Waals surface area contributed by atoms with Crippen molar-refractivity contribution in [1.82, 2.24) is 0 Å². The Bertz CT molecular complexity index is 433. The molecule has 0 aliphatic rings. The number of benzene rings is 1. The van der Waals surface area contributed by atoms with Gasteiger partial charge in [-0.2, -0.15) is 0 Å². The van der Waals surface area contributed by atoms with Gasteiger partial charge in [-0.1, -0.05) is 6.07 Å². The Balaban J connectivity index is 0.00000256. The van der Waals surface area contributed by atoms with Crippen molar-refractivity contribution >= 4 is 24.2 Å². The first kappa shape index (κ1) is 15.4. The van der Waals surface area contributed by atoms with Crippen LogP contribution in [0.5, 0.6) is 5.75 Å². The first-order valence-corrected chi connectivity index (χ1v) is 4.73. The molecule has 0 saturated heterocycles. The second-order valence-electron chi connectivity index (χ2n) is 3.56. The molecule has 0 aliphatic heterocycles. The highest BCUT2D eigenvalue weighted by molar-refractivity contribution is 5.96. The normalized spacial score (nSPS) is 11.4. The fourth-order valence-electron chi connectivity index (χ4n) is 1.33. The molecule has 1 unspecified atom stereocenters. The summed E-state index contributed by atoms with van der Waals surface area (Å²) in [5.41, 5.74) is 6.15. The van der Waals surface area contributed by atoms with Gasteiger partial charge in [0.2, 0.25) is 0 Å². The van der Waals surface area contributed by atoms with Gasteiger partial charge in [0, 0.05) is 0 Å². The third kappa shape index (κ3) is 4.05. The predicted octanol–water partition coefficient (Wildman–Crippen LogP) is 0.971. The van der Waals surface area contributed by atoms with Crippen LogP contribution in [0.25, 0.3) is 0 Å². The predicted molar refractivity (Wildman–Crippen MR) is 64.7 cm³/mol. The highest BCUT2D eigenvalue weighted by atomic mass is 35.5. The van der Waals surface area contributed by atoms with Crippen molar-refractivity contribution in [3.63, 3.8) is 0 Å². The van der Waals surface area contributed by atoms with E-state index in [2.05, 4.69) is 0 Å². The summed E-state index contributed by atoms with van der Waals surface area (Å²) in [5.74, 6) is -1.49. The van der Waals surface area contributed by atoms with Crippen LogP contribution < -0.4 is 5.73 Å². The largest absolute Gasteiger partial charge is 0.507 e. The molecule has 0 spiro atoms. The number of aliphatic carboxylic acids is 1. The highest BCUT2D eigenvalue weighted by Gasteiger charge is 2.14. The summed E-state index contributed by atoms with van der Waals surface area (Å²) in [4.78, 5) is 21.7. The second kappa shape index (κ2) is 6.22. The zero-order valence-corrected chi connectivity index (χ0v) is 10.0. The van der Waals surface area contributed by atoms with E-state index < -0.39 is 12.0 Å². The van der Waals surface area contributed by atoms with Crippen molar-refractivity contribution in [2.24, 2.45) is 5.73 Å². The van der Waals surface area contributed by atoms with Crippen molar-refractivity contribution in [2.75, 3.05) is 0 Å². The minimum atomic E-state index is -1.10. The number of rotatable bonds is 4. The molecule has 0 aliphatic carbocycles. The molecule has 1 aromatic rings. The molecule has 0 aromatic heterocycles. The number of carboxylic acids is 1. The van der Waals surface area contributed by atoms with E-state index in [0.29, 0.717) is 5.56 Å². The molecule has 4 N–H and O–H groups in total. The number of carboxylic acid groups (broad SMARTS) is 1. The fraction of sp³-hybridized carbons (Fsp3) is 0.273. The van der Waals surface area contributed by atoms with Crippen LogP contribution >= 0.6 is 12.4 Å². The van der Waals surface area contributed by atoms with Crippen LogP contribution in [0.1, 0.15) is 22.8 Å². The first-order chi connectivity index (χ1) is 7.41. The molecule has 1 atom stereocenters. The SMILES string of the molecule is CC(=O)c1cc(CC(N)C(=O)O)ccc1O.Cl. The lowest BCUT2D eigenvalue weighted by atomic mass is 10.0. The molecule has 1 aromatic carbocycles. The van der Waals surface area contributed by atoms with Gasteiger partial charge in [-0.15, -0.1) is 12.4 Å². The summed E-state index contributed by atoms with van der Waals surface area (Å²) in [6.45, 7) is 1.33. The Kier molecular flexibility index (Phi) is 5.64. The molecule has 0 fully saturated rings. The third-order valence-corrected chi connectivity index (χ3v) is 2.21. The molecule has 1 rings (SSSR count). The van der Waals surface area contributed by atoms with Gasteiger partial charge in [0.1, 0.15) is 11.8 Å². The number of phenols is 1. The molecule has 0 heterocycles. The molecular weight excluding hydrogens is 246 g/mol. The van der Waals surface area contributed by atoms with Gasteiger partial charge in [0.05, 0.1) is 5.56 Å². The maximum absolute atomic E-state index is 11.1. The summed E-state index contributed by atoms with van der Waals surface area (Å²) in [6, 6.07) is 3.36. The van der Waals surface area contributed by atoms with Gasteiger partial charge in [-0.25, -0.2) is 0 Å². The van der Waals surface area contributed by atoms with E-state index >= 15 is 0 Å². The average Bonchev–Trinajstić information content (AvgIpc) is 2.20. The number of carbonyl (C=O) groups excluding carboxylic acids is 1. The summed E-state index contributed by atoms with van der Waals surface area (Å²) in [7, 11) is 0. The van der Waals surface area contributed by atoms with Gasteiger partial charge in [-0.3, -0.25) is 9.59 Å². The number of ketones is 1. The Morgan fingerprint density at radius 2 is 2.00 bits per heavy atom. The summed E-state index contributed by atoms with van der Waals surface area (Å²) in [5, 5.41) is 18.0. The number of nitrogens with two attached hydrogens (primary N) is 1. The summed E-state index contributed by atoms with van der Waals surface area (Å²) >= 11 is 0. The van der Waals surface area contributed by atoms with Crippen LogP contribution in [0.4, 0.5) is 0 Å². The fourth-order valence-corrected chi connectivity index (χ4v) is 1.33. The van der Waals surface area contributed by atoms with Gasteiger partial charge in [0.15, 0.2) is 5.78 Å².